The number of likely N-dealkylation sites (tertiary alicyclic amines) is 1. The van der Waals surface area contributed by atoms with Crippen molar-refractivity contribution in [1.29, 1.82) is 0 Å². The van der Waals surface area contributed by atoms with Crippen LogP contribution in [0, 0.1) is 6.92 Å². The van der Waals surface area contributed by atoms with Crippen LogP contribution in [0.1, 0.15) is 44.0 Å². The highest BCUT2D eigenvalue weighted by molar-refractivity contribution is 5.03. The molecule has 1 saturated heterocycles. The Balaban J connectivity index is 1.71. The third kappa shape index (κ3) is 4.07. The molecule has 0 amide bonds. The van der Waals surface area contributed by atoms with E-state index in [0.29, 0.717) is 6.04 Å². The minimum Gasteiger partial charge on any atom is -0.307 e. The van der Waals surface area contributed by atoms with Gasteiger partial charge in [-0.25, -0.2) is 4.63 Å². The largest absolute Gasteiger partial charge is 0.307 e. The SMILES string of the molecule is Cc1nonc1CNC(C)CN1CCCCCC1. The first-order valence-corrected chi connectivity index (χ1v) is 6.99. The van der Waals surface area contributed by atoms with Crippen LogP contribution in [0.4, 0.5) is 0 Å². The van der Waals surface area contributed by atoms with Crippen molar-refractivity contribution in [2.24, 2.45) is 0 Å². The van der Waals surface area contributed by atoms with Crippen molar-refractivity contribution in [2.45, 2.75) is 52.1 Å². The molecule has 0 spiro atoms. The van der Waals surface area contributed by atoms with Crippen LogP contribution in [0.15, 0.2) is 4.63 Å². The van der Waals surface area contributed by atoms with Crippen LogP contribution in [0.25, 0.3) is 0 Å². The lowest BCUT2D eigenvalue weighted by atomic mass is 10.2. The van der Waals surface area contributed by atoms with E-state index in [-0.39, 0.29) is 0 Å². The van der Waals surface area contributed by atoms with E-state index in [1.165, 1.54) is 38.8 Å². The maximum absolute atomic E-state index is 4.69. The van der Waals surface area contributed by atoms with Gasteiger partial charge in [0.2, 0.25) is 0 Å². The molecule has 102 valence electrons. The molecule has 2 heterocycles. The molecular formula is C13H24N4O. The Morgan fingerprint density at radius 1 is 1.22 bits per heavy atom. The lowest BCUT2D eigenvalue weighted by Crippen LogP contribution is -2.39. The van der Waals surface area contributed by atoms with Gasteiger partial charge in [-0.1, -0.05) is 23.2 Å². The minimum absolute atomic E-state index is 0.471. The number of aryl methyl sites for hydroxylation is 1. The van der Waals surface area contributed by atoms with Crippen molar-refractivity contribution in [3.63, 3.8) is 0 Å². The van der Waals surface area contributed by atoms with E-state index in [4.69, 9.17) is 4.63 Å². The zero-order chi connectivity index (χ0) is 12.8. The quantitative estimate of drug-likeness (QED) is 0.865. The lowest BCUT2D eigenvalue weighted by molar-refractivity contribution is 0.254. The maximum Gasteiger partial charge on any atom is 0.121 e. The van der Waals surface area contributed by atoms with Crippen molar-refractivity contribution >= 4 is 0 Å². The minimum atomic E-state index is 0.471. The third-order valence-electron chi connectivity index (χ3n) is 3.60. The molecule has 5 heteroatoms. The maximum atomic E-state index is 4.69. The van der Waals surface area contributed by atoms with Gasteiger partial charge in [0.1, 0.15) is 11.4 Å². The molecule has 0 aliphatic carbocycles. The van der Waals surface area contributed by atoms with Gasteiger partial charge < -0.3 is 10.2 Å². The second-order valence-electron chi connectivity index (χ2n) is 5.29. The molecule has 5 nitrogen and oxygen atoms in total. The summed E-state index contributed by atoms with van der Waals surface area (Å²) in [5.74, 6) is 0. The molecule has 1 aromatic rings. The van der Waals surface area contributed by atoms with Crippen molar-refractivity contribution in [3.05, 3.63) is 11.4 Å². The smallest absolute Gasteiger partial charge is 0.121 e. The molecule has 1 aliphatic heterocycles. The van der Waals surface area contributed by atoms with E-state index < -0.39 is 0 Å². The fourth-order valence-corrected chi connectivity index (χ4v) is 2.45. The summed E-state index contributed by atoms with van der Waals surface area (Å²) in [6.45, 7) is 8.50. The molecule has 0 saturated carbocycles. The monoisotopic (exact) mass is 252 g/mol. The van der Waals surface area contributed by atoms with E-state index >= 15 is 0 Å². The predicted octanol–water partition coefficient (Wildman–Crippen LogP) is 1.73. The van der Waals surface area contributed by atoms with Gasteiger partial charge in [0.15, 0.2) is 0 Å². The summed E-state index contributed by atoms with van der Waals surface area (Å²) >= 11 is 0. The van der Waals surface area contributed by atoms with E-state index in [1.54, 1.807) is 0 Å². The molecule has 1 N–H and O–H groups in total. The Morgan fingerprint density at radius 3 is 2.56 bits per heavy atom. The van der Waals surface area contributed by atoms with E-state index in [1.807, 2.05) is 6.92 Å². The van der Waals surface area contributed by atoms with Gasteiger partial charge in [-0.3, -0.25) is 0 Å². The predicted molar refractivity (Wildman–Crippen MR) is 70.2 cm³/mol. The Kier molecular flexibility index (Phi) is 5.13. The van der Waals surface area contributed by atoms with Crippen LogP contribution in [0.2, 0.25) is 0 Å². The zero-order valence-electron chi connectivity index (χ0n) is 11.5. The first kappa shape index (κ1) is 13.5. The molecule has 2 rings (SSSR count). The highest BCUT2D eigenvalue weighted by Gasteiger charge is 2.13. The molecule has 1 unspecified atom stereocenters. The van der Waals surface area contributed by atoms with Gasteiger partial charge in [-0.05, 0) is 39.8 Å². The molecule has 0 radical (unpaired) electrons. The third-order valence-corrected chi connectivity index (χ3v) is 3.60. The molecule has 0 aromatic carbocycles. The Morgan fingerprint density at radius 2 is 1.94 bits per heavy atom. The molecular weight excluding hydrogens is 228 g/mol. The first-order valence-electron chi connectivity index (χ1n) is 6.99. The molecule has 0 bridgehead atoms. The summed E-state index contributed by atoms with van der Waals surface area (Å²) in [6.07, 6.45) is 5.47. The van der Waals surface area contributed by atoms with Gasteiger partial charge in [0, 0.05) is 19.1 Å². The number of aromatic nitrogens is 2. The summed E-state index contributed by atoms with van der Waals surface area (Å²) in [5, 5.41) is 11.2. The Labute approximate surface area is 109 Å². The number of hydrogen-bond acceptors (Lipinski definition) is 5. The topological polar surface area (TPSA) is 54.2 Å². The molecule has 18 heavy (non-hydrogen) atoms. The normalized spacial score (nSPS) is 19.7. The molecule has 1 aliphatic rings. The van der Waals surface area contributed by atoms with Crippen LogP contribution in [-0.4, -0.2) is 40.9 Å². The van der Waals surface area contributed by atoms with Crippen LogP contribution >= 0.6 is 0 Å². The number of nitrogens with one attached hydrogen (secondary N) is 1. The van der Waals surface area contributed by atoms with E-state index in [9.17, 15) is 0 Å². The summed E-state index contributed by atoms with van der Waals surface area (Å²) in [4.78, 5) is 2.57. The van der Waals surface area contributed by atoms with Gasteiger partial charge >= 0.3 is 0 Å². The first-order chi connectivity index (χ1) is 8.75. The second kappa shape index (κ2) is 6.85. The zero-order valence-corrected chi connectivity index (χ0v) is 11.5. The van der Waals surface area contributed by atoms with Crippen molar-refractivity contribution in [3.8, 4) is 0 Å². The van der Waals surface area contributed by atoms with Gasteiger partial charge in [-0.15, -0.1) is 0 Å². The van der Waals surface area contributed by atoms with Gasteiger partial charge in [0.05, 0.1) is 0 Å². The Hall–Kier alpha value is -0.940. The summed E-state index contributed by atoms with van der Waals surface area (Å²) in [7, 11) is 0. The average Bonchev–Trinajstić information content (AvgIpc) is 2.61. The standard InChI is InChI=1S/C13H24N4O/c1-11(10-17-7-5-3-4-6-8-17)14-9-13-12(2)15-18-16-13/h11,14H,3-10H2,1-2H3. The average molecular weight is 252 g/mol. The fraction of sp³-hybridized carbons (Fsp3) is 0.846. The summed E-state index contributed by atoms with van der Waals surface area (Å²) in [6, 6.07) is 0.471. The summed E-state index contributed by atoms with van der Waals surface area (Å²) in [5.41, 5.74) is 1.79. The molecule has 1 atom stereocenters. The fourth-order valence-electron chi connectivity index (χ4n) is 2.45. The highest BCUT2D eigenvalue weighted by Crippen LogP contribution is 2.10. The van der Waals surface area contributed by atoms with Crippen LogP contribution in [0.3, 0.4) is 0 Å². The van der Waals surface area contributed by atoms with Crippen LogP contribution in [-0.2, 0) is 6.54 Å². The highest BCUT2D eigenvalue weighted by atomic mass is 16.6. The van der Waals surface area contributed by atoms with Crippen LogP contribution in [0.5, 0.6) is 0 Å². The van der Waals surface area contributed by atoms with Crippen LogP contribution < -0.4 is 5.32 Å². The van der Waals surface area contributed by atoms with Crippen molar-refractivity contribution < 1.29 is 4.63 Å². The molecule has 1 aromatic heterocycles. The second-order valence-corrected chi connectivity index (χ2v) is 5.29. The van der Waals surface area contributed by atoms with E-state index in [0.717, 1.165) is 24.5 Å². The van der Waals surface area contributed by atoms with Crippen molar-refractivity contribution in [1.82, 2.24) is 20.5 Å². The Bertz CT molecular complexity index is 345. The van der Waals surface area contributed by atoms with Gasteiger partial charge in [-0.2, -0.15) is 0 Å². The summed E-state index contributed by atoms with van der Waals surface area (Å²) < 4.78 is 4.69. The molecule has 1 fully saturated rings. The lowest BCUT2D eigenvalue weighted by Gasteiger charge is -2.24. The number of hydrogen-bond donors (Lipinski definition) is 1. The van der Waals surface area contributed by atoms with Crippen molar-refractivity contribution in [2.75, 3.05) is 19.6 Å². The van der Waals surface area contributed by atoms with Gasteiger partial charge in [0.25, 0.3) is 0 Å². The number of nitrogens with zero attached hydrogens (tertiary/aromatic N) is 3. The van der Waals surface area contributed by atoms with E-state index in [2.05, 4.69) is 27.5 Å². The number of rotatable bonds is 5.